The van der Waals surface area contributed by atoms with E-state index in [1.54, 1.807) is 18.9 Å². The third-order valence-electron chi connectivity index (χ3n) is 6.39. The van der Waals surface area contributed by atoms with Crippen LogP contribution >= 0.6 is 11.8 Å². The summed E-state index contributed by atoms with van der Waals surface area (Å²) in [5, 5.41) is 8.74. The summed E-state index contributed by atoms with van der Waals surface area (Å²) in [4.78, 5) is 18.4. The minimum absolute atomic E-state index is 0.0914. The molecule has 30 heavy (non-hydrogen) atoms. The molecule has 8 heteroatoms. The SMILES string of the molecule is CO[C@@H]1C[C@H]2CN(C(=O)c3ccccc3SC)C[C@H]2C[C@H]1n1cc(CN(C)C)nn1. The molecule has 162 valence electrons. The molecule has 1 saturated carbocycles. The molecule has 1 saturated heterocycles. The van der Waals surface area contributed by atoms with Crippen LogP contribution in [0.3, 0.4) is 0 Å². The van der Waals surface area contributed by atoms with E-state index in [0.29, 0.717) is 11.8 Å². The minimum Gasteiger partial charge on any atom is -0.379 e. The highest BCUT2D eigenvalue weighted by atomic mass is 32.2. The number of likely N-dealkylation sites (tertiary alicyclic amines) is 1. The molecule has 1 aromatic carbocycles. The quantitative estimate of drug-likeness (QED) is 0.658. The summed E-state index contributed by atoms with van der Waals surface area (Å²) in [5.74, 6) is 1.09. The van der Waals surface area contributed by atoms with Gasteiger partial charge in [-0.25, -0.2) is 4.68 Å². The number of hydrogen-bond acceptors (Lipinski definition) is 6. The van der Waals surface area contributed by atoms with Gasteiger partial charge >= 0.3 is 0 Å². The molecule has 1 aliphatic heterocycles. The molecule has 0 bridgehead atoms. The predicted molar refractivity (Wildman–Crippen MR) is 118 cm³/mol. The molecule has 2 heterocycles. The van der Waals surface area contributed by atoms with Crippen molar-refractivity contribution in [2.24, 2.45) is 11.8 Å². The minimum atomic E-state index is 0.0914. The van der Waals surface area contributed by atoms with Gasteiger partial charge < -0.3 is 14.5 Å². The standard InChI is InChI=1S/C22H31N5O2S/c1-25(2)13-17-14-27(24-23-17)19-9-15-11-26(12-16(15)10-20(19)29-3)22(28)18-7-5-6-8-21(18)30-4/h5-8,14-16,19-20H,9-13H2,1-4H3/t15-,16+,19-,20-/m1/s1. The second kappa shape index (κ2) is 9.08. The molecule has 1 aliphatic carbocycles. The van der Waals surface area contributed by atoms with Crippen molar-refractivity contribution in [2.45, 2.75) is 36.4 Å². The van der Waals surface area contributed by atoms with Crippen LogP contribution in [-0.4, -0.2) is 77.4 Å². The number of rotatable bonds is 6. The number of carbonyl (C=O) groups is 1. The van der Waals surface area contributed by atoms with E-state index < -0.39 is 0 Å². The van der Waals surface area contributed by atoms with Crippen molar-refractivity contribution in [1.29, 1.82) is 0 Å². The number of thioether (sulfide) groups is 1. The molecule has 4 atom stereocenters. The Morgan fingerprint density at radius 3 is 2.67 bits per heavy atom. The van der Waals surface area contributed by atoms with E-state index in [4.69, 9.17) is 4.74 Å². The smallest absolute Gasteiger partial charge is 0.255 e. The van der Waals surface area contributed by atoms with Crippen LogP contribution in [0.2, 0.25) is 0 Å². The summed E-state index contributed by atoms with van der Waals surface area (Å²) in [5.41, 5.74) is 1.78. The number of methoxy groups -OCH3 is 1. The van der Waals surface area contributed by atoms with E-state index in [1.807, 2.05) is 60.4 Å². The van der Waals surface area contributed by atoms with Gasteiger partial charge in [0.2, 0.25) is 0 Å². The molecule has 0 N–H and O–H groups in total. The number of aromatic nitrogens is 3. The molecule has 4 rings (SSSR count). The van der Waals surface area contributed by atoms with E-state index in [0.717, 1.165) is 48.6 Å². The van der Waals surface area contributed by atoms with Gasteiger partial charge in [0.1, 0.15) is 0 Å². The van der Waals surface area contributed by atoms with Crippen molar-refractivity contribution in [3.05, 3.63) is 41.7 Å². The lowest BCUT2D eigenvalue weighted by Crippen LogP contribution is -2.37. The largest absolute Gasteiger partial charge is 0.379 e. The molecule has 0 radical (unpaired) electrons. The maximum absolute atomic E-state index is 13.2. The monoisotopic (exact) mass is 429 g/mol. The number of benzene rings is 1. The highest BCUT2D eigenvalue weighted by Crippen LogP contribution is 2.42. The Morgan fingerprint density at radius 1 is 1.23 bits per heavy atom. The molecule has 0 spiro atoms. The molecule has 2 aliphatic rings. The molecule has 1 aromatic heterocycles. The fourth-order valence-corrected chi connectivity index (χ4v) is 5.54. The van der Waals surface area contributed by atoms with Crippen LogP contribution in [0.5, 0.6) is 0 Å². The second-order valence-electron chi connectivity index (χ2n) is 8.67. The van der Waals surface area contributed by atoms with E-state index in [1.165, 1.54) is 0 Å². The number of ether oxygens (including phenoxy) is 1. The number of nitrogens with zero attached hydrogens (tertiary/aromatic N) is 5. The van der Waals surface area contributed by atoms with Crippen LogP contribution in [0.1, 0.15) is 34.9 Å². The van der Waals surface area contributed by atoms with E-state index in [2.05, 4.69) is 15.2 Å². The average molecular weight is 430 g/mol. The third kappa shape index (κ3) is 4.26. The normalized spacial score (nSPS) is 26.2. The molecule has 2 fully saturated rings. The van der Waals surface area contributed by atoms with Crippen LogP contribution in [0, 0.1) is 11.8 Å². The van der Waals surface area contributed by atoms with Crippen molar-refractivity contribution in [2.75, 3.05) is 40.6 Å². The Labute approximate surface area is 182 Å². The topological polar surface area (TPSA) is 63.5 Å². The molecule has 2 aromatic rings. The predicted octanol–water partition coefficient (Wildman–Crippen LogP) is 2.80. The number of fused-ring (bicyclic) bond motifs is 1. The van der Waals surface area contributed by atoms with Crippen molar-refractivity contribution in [1.82, 2.24) is 24.8 Å². The fourth-order valence-electron chi connectivity index (χ4n) is 4.95. The first-order chi connectivity index (χ1) is 14.5. The second-order valence-corrected chi connectivity index (χ2v) is 9.52. The average Bonchev–Trinajstić information content (AvgIpc) is 3.38. The number of amides is 1. The maximum atomic E-state index is 13.2. The lowest BCUT2D eigenvalue weighted by molar-refractivity contribution is -0.00547. The van der Waals surface area contributed by atoms with Gasteiger partial charge in [-0.1, -0.05) is 17.3 Å². The Kier molecular flexibility index (Phi) is 6.46. The first-order valence-corrected chi connectivity index (χ1v) is 11.7. The van der Waals surface area contributed by atoms with Crippen molar-refractivity contribution < 1.29 is 9.53 Å². The molecular weight excluding hydrogens is 398 g/mol. The summed E-state index contributed by atoms with van der Waals surface area (Å²) in [7, 11) is 5.84. The van der Waals surface area contributed by atoms with Crippen LogP contribution in [-0.2, 0) is 11.3 Å². The van der Waals surface area contributed by atoms with Gasteiger partial charge in [0.25, 0.3) is 5.91 Å². The van der Waals surface area contributed by atoms with Gasteiger partial charge in [-0.15, -0.1) is 16.9 Å². The first kappa shape index (κ1) is 21.3. The van der Waals surface area contributed by atoms with E-state index in [9.17, 15) is 4.79 Å². The van der Waals surface area contributed by atoms with Crippen LogP contribution in [0.25, 0.3) is 0 Å². The van der Waals surface area contributed by atoms with Gasteiger partial charge in [0, 0.05) is 31.6 Å². The summed E-state index contributed by atoms with van der Waals surface area (Å²) in [6.07, 6.45) is 6.06. The molecule has 1 amide bonds. The van der Waals surface area contributed by atoms with Crippen molar-refractivity contribution in [3.63, 3.8) is 0 Å². The Bertz CT molecular complexity index is 886. The van der Waals surface area contributed by atoms with Crippen LogP contribution < -0.4 is 0 Å². The van der Waals surface area contributed by atoms with Gasteiger partial charge in [-0.3, -0.25) is 4.79 Å². The lowest BCUT2D eigenvalue weighted by atomic mass is 9.77. The van der Waals surface area contributed by atoms with E-state index in [-0.39, 0.29) is 18.1 Å². The molecule has 7 nitrogen and oxygen atoms in total. The highest BCUT2D eigenvalue weighted by Gasteiger charge is 2.44. The fraction of sp³-hybridized carbons (Fsp3) is 0.591. The van der Waals surface area contributed by atoms with Crippen LogP contribution in [0.4, 0.5) is 0 Å². The van der Waals surface area contributed by atoms with Crippen molar-refractivity contribution in [3.8, 4) is 0 Å². The Hall–Kier alpha value is -1.90. The lowest BCUT2D eigenvalue weighted by Gasteiger charge is -2.36. The van der Waals surface area contributed by atoms with Gasteiger partial charge in [-0.05, 0) is 57.2 Å². The molecule has 0 unspecified atom stereocenters. The van der Waals surface area contributed by atoms with Gasteiger partial charge in [-0.2, -0.15) is 0 Å². The van der Waals surface area contributed by atoms with Gasteiger partial charge in [0.15, 0.2) is 0 Å². The van der Waals surface area contributed by atoms with Crippen molar-refractivity contribution >= 4 is 17.7 Å². The summed E-state index contributed by atoms with van der Waals surface area (Å²) < 4.78 is 7.85. The Balaban J connectivity index is 1.49. The summed E-state index contributed by atoms with van der Waals surface area (Å²) in [6, 6.07) is 8.06. The Morgan fingerprint density at radius 2 is 1.97 bits per heavy atom. The van der Waals surface area contributed by atoms with Crippen LogP contribution in [0.15, 0.2) is 35.4 Å². The number of carbonyl (C=O) groups excluding carboxylic acids is 1. The van der Waals surface area contributed by atoms with E-state index >= 15 is 0 Å². The van der Waals surface area contributed by atoms with Gasteiger partial charge in [0.05, 0.1) is 29.6 Å². The first-order valence-electron chi connectivity index (χ1n) is 10.5. The molecular formula is C22H31N5O2S. The highest BCUT2D eigenvalue weighted by molar-refractivity contribution is 7.98. The number of hydrogen-bond donors (Lipinski definition) is 0. The zero-order valence-electron chi connectivity index (χ0n) is 18.2. The zero-order valence-corrected chi connectivity index (χ0v) is 19.0. The third-order valence-corrected chi connectivity index (χ3v) is 7.18. The summed E-state index contributed by atoms with van der Waals surface area (Å²) >= 11 is 1.63. The maximum Gasteiger partial charge on any atom is 0.255 e. The zero-order chi connectivity index (χ0) is 21.3. The summed E-state index contributed by atoms with van der Waals surface area (Å²) in [6.45, 7) is 2.38.